The van der Waals surface area contributed by atoms with Gasteiger partial charge in [-0.1, -0.05) is 6.92 Å². The van der Waals surface area contributed by atoms with Gasteiger partial charge in [0.1, 0.15) is 5.58 Å². The minimum Gasteiger partial charge on any atom is -0.464 e. The molecule has 2 rings (SSSR count). The van der Waals surface area contributed by atoms with E-state index in [4.69, 9.17) is 4.42 Å². The van der Waals surface area contributed by atoms with Crippen molar-refractivity contribution in [3.8, 4) is 0 Å². The van der Waals surface area contributed by atoms with Crippen LogP contribution in [0.5, 0.6) is 0 Å². The molecule has 1 N–H and O–H groups in total. The van der Waals surface area contributed by atoms with E-state index >= 15 is 0 Å². The number of fused-ring (bicyclic) bond motifs is 1. The monoisotopic (exact) mass is 258 g/mol. The highest BCUT2D eigenvalue weighted by Crippen LogP contribution is 2.36. The van der Waals surface area contributed by atoms with E-state index in [1.807, 2.05) is 0 Å². The number of hydrogen-bond donors (Lipinski definition) is 1. The summed E-state index contributed by atoms with van der Waals surface area (Å²) < 4.78 is 43.5. The highest BCUT2D eigenvalue weighted by Gasteiger charge is 2.32. The van der Waals surface area contributed by atoms with Crippen molar-refractivity contribution in [1.82, 2.24) is 0 Å². The number of rotatable bonds is 2. The molecule has 0 radical (unpaired) electrons. The van der Waals surface area contributed by atoms with Crippen molar-refractivity contribution >= 4 is 11.0 Å². The molecular weight excluding hydrogens is 245 g/mol. The largest absolute Gasteiger partial charge is 0.464 e. The Morgan fingerprint density at radius 1 is 1.22 bits per heavy atom. The number of alkyl halides is 3. The van der Waals surface area contributed by atoms with Gasteiger partial charge in [-0.25, -0.2) is 0 Å². The van der Waals surface area contributed by atoms with Crippen LogP contribution in [0.3, 0.4) is 0 Å². The number of halogens is 3. The molecule has 2 aromatic rings. The van der Waals surface area contributed by atoms with Crippen molar-refractivity contribution in [3.63, 3.8) is 0 Å². The zero-order valence-corrected chi connectivity index (χ0v) is 9.95. The molecule has 0 fully saturated rings. The van der Waals surface area contributed by atoms with Crippen LogP contribution in [0.15, 0.2) is 28.9 Å². The molecule has 0 saturated heterocycles. The molecule has 1 heterocycles. The van der Waals surface area contributed by atoms with E-state index in [0.717, 1.165) is 12.1 Å². The van der Waals surface area contributed by atoms with Gasteiger partial charge in [-0.15, -0.1) is 0 Å². The molecule has 1 aromatic heterocycles. The van der Waals surface area contributed by atoms with E-state index in [-0.39, 0.29) is 0 Å². The topological polar surface area (TPSA) is 33.4 Å². The molecule has 2 nitrogen and oxygen atoms in total. The van der Waals surface area contributed by atoms with Crippen LogP contribution in [0.25, 0.3) is 11.0 Å². The van der Waals surface area contributed by atoms with Crippen LogP contribution in [-0.2, 0) is 6.18 Å². The first-order valence-electron chi connectivity index (χ1n) is 5.57. The van der Waals surface area contributed by atoms with Crippen molar-refractivity contribution in [2.24, 2.45) is 0 Å². The Hall–Kier alpha value is -1.49. The first-order chi connectivity index (χ1) is 8.30. The van der Waals surface area contributed by atoms with Crippen LogP contribution in [0.2, 0.25) is 0 Å². The Morgan fingerprint density at radius 2 is 1.89 bits per heavy atom. The van der Waals surface area contributed by atoms with Crippen molar-refractivity contribution in [2.75, 3.05) is 0 Å². The summed E-state index contributed by atoms with van der Waals surface area (Å²) in [6.07, 6.45) is -3.80. The zero-order valence-electron chi connectivity index (χ0n) is 9.95. The molecule has 0 aliphatic carbocycles. The molecule has 0 aliphatic heterocycles. The molecule has 1 aromatic carbocycles. The smallest absolute Gasteiger partial charge is 0.416 e. The fraction of sp³-hybridized carbons (Fsp3) is 0.385. The third kappa shape index (κ3) is 2.22. The summed E-state index contributed by atoms with van der Waals surface area (Å²) in [4.78, 5) is 0. The summed E-state index contributed by atoms with van der Waals surface area (Å²) in [5.41, 5.74) is 0.0510. The second kappa shape index (κ2) is 4.31. The van der Waals surface area contributed by atoms with Gasteiger partial charge in [0, 0.05) is 16.9 Å². The molecule has 0 saturated carbocycles. The Kier molecular flexibility index (Phi) is 3.11. The molecule has 0 amide bonds. The molecule has 2 unspecified atom stereocenters. The van der Waals surface area contributed by atoms with E-state index in [0.29, 0.717) is 16.5 Å². The number of hydrogen-bond acceptors (Lipinski definition) is 2. The first-order valence-corrected chi connectivity index (χ1v) is 5.57. The number of benzene rings is 1. The van der Waals surface area contributed by atoms with Crippen molar-refractivity contribution < 1.29 is 22.7 Å². The van der Waals surface area contributed by atoms with Gasteiger partial charge in [-0.2, -0.15) is 13.2 Å². The average Bonchev–Trinajstić information content (AvgIpc) is 2.73. The maximum Gasteiger partial charge on any atom is 0.416 e. The van der Waals surface area contributed by atoms with Crippen LogP contribution in [0.4, 0.5) is 13.2 Å². The van der Waals surface area contributed by atoms with Crippen LogP contribution >= 0.6 is 0 Å². The van der Waals surface area contributed by atoms with Gasteiger partial charge in [0.15, 0.2) is 0 Å². The van der Waals surface area contributed by atoms with E-state index < -0.39 is 23.8 Å². The first kappa shape index (κ1) is 13.0. The molecular formula is C13H13F3O2. The Bertz CT molecular complexity index is 555. The van der Waals surface area contributed by atoms with E-state index in [1.54, 1.807) is 13.8 Å². The second-order valence-corrected chi connectivity index (χ2v) is 4.43. The summed E-state index contributed by atoms with van der Waals surface area (Å²) in [7, 11) is 0. The normalized spacial score (nSPS) is 15.9. The van der Waals surface area contributed by atoms with Crippen LogP contribution in [0.1, 0.15) is 30.9 Å². The van der Waals surface area contributed by atoms with Crippen molar-refractivity contribution in [3.05, 3.63) is 35.6 Å². The second-order valence-electron chi connectivity index (χ2n) is 4.43. The summed E-state index contributed by atoms with van der Waals surface area (Å²) in [6.45, 7) is 3.21. The average molecular weight is 258 g/mol. The molecule has 0 spiro atoms. The van der Waals surface area contributed by atoms with Crippen molar-refractivity contribution in [2.45, 2.75) is 32.0 Å². The highest BCUT2D eigenvalue weighted by molar-refractivity contribution is 5.82. The molecule has 0 bridgehead atoms. The van der Waals surface area contributed by atoms with Gasteiger partial charge in [0.25, 0.3) is 0 Å². The van der Waals surface area contributed by atoms with Crippen LogP contribution in [-0.4, -0.2) is 11.2 Å². The predicted octanol–water partition coefficient (Wildman–Crippen LogP) is 3.94. The molecule has 5 heteroatoms. The molecule has 18 heavy (non-hydrogen) atoms. The lowest BCUT2D eigenvalue weighted by Crippen LogP contribution is -2.13. The quantitative estimate of drug-likeness (QED) is 0.885. The Morgan fingerprint density at radius 3 is 2.44 bits per heavy atom. The lowest BCUT2D eigenvalue weighted by Gasteiger charge is -2.17. The molecule has 0 aliphatic rings. The molecule has 2 atom stereocenters. The third-order valence-corrected chi connectivity index (χ3v) is 3.12. The number of aliphatic hydroxyl groups is 1. The summed E-state index contributed by atoms with van der Waals surface area (Å²) >= 11 is 0. The number of aliphatic hydroxyl groups excluding tert-OH is 1. The van der Waals surface area contributed by atoms with Crippen LogP contribution < -0.4 is 0 Å². The minimum atomic E-state index is -4.40. The van der Waals surface area contributed by atoms with Gasteiger partial charge in [0.2, 0.25) is 0 Å². The van der Waals surface area contributed by atoms with Gasteiger partial charge >= 0.3 is 6.18 Å². The van der Waals surface area contributed by atoms with E-state index in [1.165, 1.54) is 12.3 Å². The van der Waals surface area contributed by atoms with E-state index in [2.05, 4.69) is 0 Å². The predicted molar refractivity (Wildman–Crippen MR) is 61.3 cm³/mol. The summed E-state index contributed by atoms with van der Waals surface area (Å²) in [6, 6.07) is 3.59. The third-order valence-electron chi connectivity index (χ3n) is 3.12. The van der Waals surface area contributed by atoms with E-state index in [9.17, 15) is 18.3 Å². The SMILES string of the molecule is CC(O)C(C)c1cc(C(F)(F)F)cc2ccoc12. The molecule has 98 valence electrons. The lowest BCUT2D eigenvalue weighted by molar-refractivity contribution is -0.137. The number of furan rings is 1. The van der Waals surface area contributed by atoms with Crippen molar-refractivity contribution in [1.29, 1.82) is 0 Å². The van der Waals surface area contributed by atoms with Gasteiger partial charge < -0.3 is 9.52 Å². The lowest BCUT2D eigenvalue weighted by atomic mass is 9.93. The van der Waals surface area contributed by atoms with Gasteiger partial charge in [-0.05, 0) is 25.1 Å². The summed E-state index contributed by atoms with van der Waals surface area (Å²) in [5, 5.41) is 9.94. The van der Waals surface area contributed by atoms with Gasteiger partial charge in [0.05, 0.1) is 17.9 Å². The van der Waals surface area contributed by atoms with Gasteiger partial charge in [-0.3, -0.25) is 0 Å². The zero-order chi connectivity index (χ0) is 13.5. The summed E-state index contributed by atoms with van der Waals surface area (Å²) in [5.74, 6) is -0.430. The Labute approximate surface area is 102 Å². The fourth-order valence-corrected chi connectivity index (χ4v) is 1.87. The van der Waals surface area contributed by atoms with Crippen LogP contribution in [0, 0.1) is 0 Å². The Balaban J connectivity index is 2.66. The maximum atomic E-state index is 12.8. The minimum absolute atomic E-state index is 0.375. The fourth-order valence-electron chi connectivity index (χ4n) is 1.87. The standard InChI is InChI=1S/C13H13F3O2/c1-7(8(2)17)11-6-10(13(14,15)16)5-9-3-4-18-12(9)11/h3-8,17H,1-2H3. The maximum absolute atomic E-state index is 12.8. The highest BCUT2D eigenvalue weighted by atomic mass is 19.4.